The van der Waals surface area contributed by atoms with Crippen LogP contribution in [0.15, 0.2) is 12.3 Å². The van der Waals surface area contributed by atoms with Crippen LogP contribution in [0, 0.1) is 4.77 Å². The minimum absolute atomic E-state index is 0.692. The number of aromatic amines is 1. The van der Waals surface area contributed by atoms with E-state index in [9.17, 15) is 0 Å². The molecule has 3 rings (SSSR count). The van der Waals surface area contributed by atoms with Crippen LogP contribution >= 0.6 is 12.2 Å². The molecule has 0 saturated heterocycles. The van der Waals surface area contributed by atoms with Crippen LogP contribution in [0.3, 0.4) is 0 Å². The maximum Gasteiger partial charge on any atom is 0.179 e. The highest BCUT2D eigenvalue weighted by Crippen LogP contribution is 2.19. The van der Waals surface area contributed by atoms with Gasteiger partial charge < -0.3 is 4.98 Å². The fraction of sp³-hybridized carbons (Fsp3) is 0.417. The van der Waals surface area contributed by atoms with Crippen LogP contribution in [0.25, 0.3) is 11.2 Å². The van der Waals surface area contributed by atoms with Gasteiger partial charge in [0.2, 0.25) is 0 Å². The van der Waals surface area contributed by atoms with Crippen molar-refractivity contribution in [3.05, 3.63) is 28.4 Å². The minimum Gasteiger partial charge on any atom is -0.328 e. The van der Waals surface area contributed by atoms with Crippen molar-refractivity contribution in [2.75, 3.05) is 0 Å². The maximum atomic E-state index is 5.43. The van der Waals surface area contributed by atoms with Gasteiger partial charge in [0.25, 0.3) is 0 Å². The Morgan fingerprint density at radius 2 is 2.11 bits per heavy atom. The first kappa shape index (κ1) is 12.2. The molecule has 0 spiro atoms. The SMILES string of the molecule is CCc1nn(C)c2c1[nH]c(=S)n2Cc1ccnn1C. The lowest BCUT2D eigenvalue weighted by Crippen LogP contribution is -2.08. The first-order valence-corrected chi connectivity index (χ1v) is 6.64. The average molecular weight is 276 g/mol. The number of rotatable bonds is 3. The second-order valence-electron chi connectivity index (χ2n) is 4.58. The number of hydrogen-bond acceptors (Lipinski definition) is 3. The van der Waals surface area contributed by atoms with Gasteiger partial charge in [-0.25, -0.2) is 0 Å². The largest absolute Gasteiger partial charge is 0.328 e. The van der Waals surface area contributed by atoms with Crippen LogP contribution < -0.4 is 0 Å². The van der Waals surface area contributed by atoms with E-state index in [2.05, 4.69) is 26.7 Å². The Morgan fingerprint density at radius 3 is 2.74 bits per heavy atom. The lowest BCUT2D eigenvalue weighted by Gasteiger charge is -2.05. The van der Waals surface area contributed by atoms with Crippen molar-refractivity contribution in [3.8, 4) is 0 Å². The van der Waals surface area contributed by atoms with Crippen LogP contribution in [-0.4, -0.2) is 29.1 Å². The molecule has 0 aliphatic carbocycles. The first-order valence-electron chi connectivity index (χ1n) is 6.23. The van der Waals surface area contributed by atoms with Gasteiger partial charge in [-0.3, -0.25) is 13.9 Å². The Labute approximate surface area is 115 Å². The van der Waals surface area contributed by atoms with Gasteiger partial charge in [-0.15, -0.1) is 0 Å². The summed E-state index contributed by atoms with van der Waals surface area (Å²) in [5.74, 6) is 0. The maximum absolute atomic E-state index is 5.43. The average Bonchev–Trinajstić information content (AvgIpc) is 3.00. The Balaban J connectivity index is 2.18. The van der Waals surface area contributed by atoms with E-state index in [-0.39, 0.29) is 0 Å². The topological polar surface area (TPSA) is 56.4 Å². The molecule has 0 aromatic carbocycles. The third-order valence-corrected chi connectivity index (χ3v) is 3.72. The van der Waals surface area contributed by atoms with Crippen LogP contribution in [-0.2, 0) is 27.1 Å². The van der Waals surface area contributed by atoms with Crippen molar-refractivity contribution in [2.45, 2.75) is 19.9 Å². The first-order chi connectivity index (χ1) is 9.11. The summed E-state index contributed by atoms with van der Waals surface area (Å²) in [4.78, 5) is 3.26. The summed E-state index contributed by atoms with van der Waals surface area (Å²) in [7, 11) is 3.88. The van der Waals surface area contributed by atoms with Crippen molar-refractivity contribution >= 4 is 23.4 Å². The van der Waals surface area contributed by atoms with Crippen molar-refractivity contribution in [1.29, 1.82) is 0 Å². The summed E-state index contributed by atoms with van der Waals surface area (Å²) in [6.45, 7) is 2.79. The molecule has 0 fully saturated rings. The number of aromatic nitrogens is 6. The molecule has 3 heterocycles. The van der Waals surface area contributed by atoms with Crippen LogP contribution in [0.5, 0.6) is 0 Å². The lowest BCUT2D eigenvalue weighted by molar-refractivity contribution is 0.652. The molecule has 0 aliphatic rings. The molecule has 0 bridgehead atoms. The summed E-state index contributed by atoms with van der Waals surface area (Å²) >= 11 is 5.43. The molecule has 6 nitrogen and oxygen atoms in total. The molecule has 7 heteroatoms. The van der Waals surface area contributed by atoms with E-state index < -0.39 is 0 Å². The fourth-order valence-electron chi connectivity index (χ4n) is 2.39. The standard InChI is InChI=1S/C12H16N6S/c1-4-9-10-11(17(3)15-9)18(12(19)14-10)7-8-5-6-13-16(8)2/h5-6H,4,7H2,1-3H3,(H,14,19). The zero-order valence-electron chi connectivity index (χ0n) is 11.2. The highest BCUT2D eigenvalue weighted by atomic mass is 32.1. The number of hydrogen-bond donors (Lipinski definition) is 1. The Morgan fingerprint density at radius 1 is 1.32 bits per heavy atom. The van der Waals surface area contributed by atoms with E-state index in [4.69, 9.17) is 12.2 Å². The third-order valence-electron chi connectivity index (χ3n) is 3.40. The smallest absolute Gasteiger partial charge is 0.179 e. The predicted molar refractivity (Wildman–Crippen MR) is 75.6 cm³/mol. The summed E-state index contributed by atoms with van der Waals surface area (Å²) in [6.07, 6.45) is 2.68. The second-order valence-corrected chi connectivity index (χ2v) is 4.97. The van der Waals surface area contributed by atoms with Crippen LogP contribution in [0.1, 0.15) is 18.3 Å². The van der Waals surface area contributed by atoms with Gasteiger partial charge in [-0.1, -0.05) is 6.92 Å². The van der Waals surface area contributed by atoms with Crippen molar-refractivity contribution in [2.24, 2.45) is 14.1 Å². The summed E-state index contributed by atoms with van der Waals surface area (Å²) in [5.41, 5.74) is 4.23. The van der Waals surface area contributed by atoms with Gasteiger partial charge in [0.1, 0.15) is 5.52 Å². The molecule has 0 radical (unpaired) electrons. The number of H-pyrrole nitrogens is 1. The number of nitrogens with zero attached hydrogens (tertiary/aromatic N) is 5. The van der Waals surface area contributed by atoms with E-state index in [1.165, 1.54) is 0 Å². The second kappa shape index (κ2) is 4.34. The molecule has 3 aromatic rings. The Bertz CT molecular complexity index is 787. The summed E-state index contributed by atoms with van der Waals surface area (Å²) in [6, 6.07) is 2.00. The zero-order valence-corrected chi connectivity index (χ0v) is 12.0. The summed E-state index contributed by atoms with van der Waals surface area (Å²) in [5, 5.41) is 8.70. The Hall–Kier alpha value is -1.89. The lowest BCUT2D eigenvalue weighted by atomic mass is 10.3. The van der Waals surface area contributed by atoms with Gasteiger partial charge in [-0.05, 0) is 24.7 Å². The Kier molecular flexibility index (Phi) is 2.78. The van der Waals surface area contributed by atoms with Crippen molar-refractivity contribution in [3.63, 3.8) is 0 Å². The van der Waals surface area contributed by atoms with E-state index in [1.807, 2.05) is 29.5 Å². The van der Waals surface area contributed by atoms with Gasteiger partial charge >= 0.3 is 0 Å². The fourth-order valence-corrected chi connectivity index (χ4v) is 2.64. The third kappa shape index (κ3) is 1.81. The molecule has 0 amide bonds. The molecular formula is C12H16N6S. The van der Waals surface area contributed by atoms with Crippen molar-refractivity contribution < 1.29 is 0 Å². The van der Waals surface area contributed by atoms with Crippen LogP contribution in [0.4, 0.5) is 0 Å². The zero-order chi connectivity index (χ0) is 13.6. The highest BCUT2D eigenvalue weighted by Gasteiger charge is 2.15. The quantitative estimate of drug-likeness (QED) is 0.742. The van der Waals surface area contributed by atoms with Gasteiger partial charge in [0.05, 0.1) is 17.9 Å². The predicted octanol–water partition coefficient (Wildman–Crippen LogP) is 1.78. The minimum atomic E-state index is 0.692. The molecule has 100 valence electrons. The number of imidazole rings is 1. The number of aryl methyl sites for hydroxylation is 3. The van der Waals surface area contributed by atoms with Gasteiger partial charge in [0.15, 0.2) is 10.4 Å². The number of fused-ring (bicyclic) bond motifs is 1. The molecule has 0 saturated carbocycles. The molecule has 3 aromatic heterocycles. The van der Waals surface area contributed by atoms with Gasteiger partial charge in [-0.2, -0.15) is 10.2 Å². The van der Waals surface area contributed by atoms with E-state index in [0.717, 1.165) is 33.7 Å². The van der Waals surface area contributed by atoms with E-state index in [0.29, 0.717) is 6.54 Å². The van der Waals surface area contributed by atoms with E-state index in [1.54, 1.807) is 6.20 Å². The molecular weight excluding hydrogens is 260 g/mol. The molecule has 0 atom stereocenters. The van der Waals surface area contributed by atoms with Crippen molar-refractivity contribution in [1.82, 2.24) is 29.1 Å². The molecule has 0 aliphatic heterocycles. The summed E-state index contributed by atoms with van der Waals surface area (Å²) < 4.78 is 6.53. The van der Waals surface area contributed by atoms with Gasteiger partial charge in [0, 0.05) is 20.3 Å². The van der Waals surface area contributed by atoms with Crippen LogP contribution in [0.2, 0.25) is 0 Å². The number of nitrogens with one attached hydrogen (secondary N) is 1. The monoisotopic (exact) mass is 276 g/mol. The molecule has 1 N–H and O–H groups in total. The highest BCUT2D eigenvalue weighted by molar-refractivity contribution is 7.71. The molecule has 0 unspecified atom stereocenters. The normalized spacial score (nSPS) is 11.5. The van der Waals surface area contributed by atoms with E-state index >= 15 is 0 Å². The molecule has 19 heavy (non-hydrogen) atoms.